The molecule has 0 radical (unpaired) electrons. The molecule has 0 bridgehead atoms. The molecule has 0 N–H and O–H groups in total. The predicted molar refractivity (Wildman–Crippen MR) is 97.5 cm³/mol. The van der Waals surface area contributed by atoms with Crippen LogP contribution in [0.4, 0.5) is 17.1 Å². The number of carbonyl (C=O) groups excluding carboxylic acids is 1. The Kier molecular flexibility index (Phi) is 3.82. The van der Waals surface area contributed by atoms with E-state index in [0.29, 0.717) is 33.5 Å². The summed E-state index contributed by atoms with van der Waals surface area (Å²) in [7, 11) is 0. The summed E-state index contributed by atoms with van der Waals surface area (Å²) < 4.78 is 5.86. The summed E-state index contributed by atoms with van der Waals surface area (Å²) in [5, 5.41) is 11.3. The van der Waals surface area contributed by atoms with Crippen molar-refractivity contribution in [2.75, 3.05) is 4.90 Å². The fourth-order valence-electron chi connectivity index (χ4n) is 2.80. The van der Waals surface area contributed by atoms with Crippen LogP contribution in [0.25, 0.3) is 0 Å². The first-order chi connectivity index (χ1) is 12.5. The summed E-state index contributed by atoms with van der Waals surface area (Å²) in [5.41, 5.74) is 1.33. The SMILES string of the molecule is O=C(c1ccc([N+](=O)[O-])cc1)N1c2ccccc2Oc2ccc(Cl)cc21. The second kappa shape index (κ2) is 6.16. The zero-order valence-electron chi connectivity index (χ0n) is 13.3. The van der Waals surface area contributed by atoms with Crippen LogP contribution < -0.4 is 9.64 Å². The third-order valence-corrected chi connectivity index (χ3v) is 4.25. The molecule has 0 atom stereocenters. The van der Waals surface area contributed by atoms with Crippen LogP contribution in [-0.4, -0.2) is 10.8 Å². The van der Waals surface area contributed by atoms with Gasteiger partial charge in [0.05, 0.1) is 16.3 Å². The molecule has 3 aromatic carbocycles. The Morgan fingerprint density at radius 3 is 2.38 bits per heavy atom. The predicted octanol–water partition coefficient (Wildman–Crippen LogP) is 5.33. The standard InChI is InChI=1S/C19H11ClN2O4/c20-13-7-10-18-16(11-13)21(15-3-1-2-4-17(15)26-18)19(23)12-5-8-14(9-6-12)22(24)25/h1-11H. The Morgan fingerprint density at radius 2 is 1.65 bits per heavy atom. The number of benzene rings is 3. The van der Waals surface area contributed by atoms with Crippen molar-refractivity contribution in [3.05, 3.63) is 87.4 Å². The Balaban J connectivity index is 1.83. The van der Waals surface area contributed by atoms with Crippen molar-refractivity contribution < 1.29 is 14.5 Å². The van der Waals surface area contributed by atoms with E-state index < -0.39 is 4.92 Å². The quantitative estimate of drug-likeness (QED) is 0.453. The van der Waals surface area contributed by atoms with Crippen LogP contribution in [-0.2, 0) is 0 Å². The van der Waals surface area contributed by atoms with Gasteiger partial charge in [0.2, 0.25) is 0 Å². The van der Waals surface area contributed by atoms with Crippen LogP contribution in [0, 0.1) is 10.1 Å². The molecule has 1 heterocycles. The summed E-state index contributed by atoms with van der Waals surface area (Å²) in [4.78, 5) is 25.0. The maximum absolute atomic E-state index is 13.2. The van der Waals surface area contributed by atoms with E-state index in [1.165, 1.54) is 29.2 Å². The number of nitrogens with zero attached hydrogens (tertiary/aromatic N) is 2. The largest absolute Gasteiger partial charge is 0.453 e. The molecule has 7 heteroatoms. The van der Waals surface area contributed by atoms with Gasteiger partial charge in [0, 0.05) is 22.7 Å². The van der Waals surface area contributed by atoms with Crippen LogP contribution >= 0.6 is 11.6 Å². The van der Waals surface area contributed by atoms with Gasteiger partial charge in [-0.1, -0.05) is 23.7 Å². The molecule has 1 aliphatic heterocycles. The van der Waals surface area contributed by atoms with Gasteiger partial charge in [0.25, 0.3) is 11.6 Å². The summed E-state index contributed by atoms with van der Waals surface area (Å²) in [6, 6.07) is 17.7. The maximum Gasteiger partial charge on any atom is 0.269 e. The fraction of sp³-hybridized carbons (Fsp3) is 0. The molecule has 0 spiro atoms. The van der Waals surface area contributed by atoms with Crippen molar-refractivity contribution in [1.82, 2.24) is 0 Å². The van der Waals surface area contributed by atoms with Gasteiger partial charge in [-0.15, -0.1) is 0 Å². The normalized spacial score (nSPS) is 12.0. The number of halogens is 1. The number of nitro benzene ring substituents is 1. The summed E-state index contributed by atoms with van der Waals surface area (Å²) >= 11 is 6.11. The Morgan fingerprint density at radius 1 is 0.962 bits per heavy atom. The van der Waals surface area contributed by atoms with Crippen molar-refractivity contribution in [2.45, 2.75) is 0 Å². The molecule has 0 saturated carbocycles. The number of anilines is 2. The zero-order valence-corrected chi connectivity index (χ0v) is 14.0. The van der Waals surface area contributed by atoms with Gasteiger partial charge >= 0.3 is 0 Å². The van der Waals surface area contributed by atoms with E-state index in [0.717, 1.165) is 0 Å². The highest BCUT2D eigenvalue weighted by atomic mass is 35.5. The number of hydrogen-bond donors (Lipinski definition) is 0. The van der Waals surface area contributed by atoms with E-state index in [1.54, 1.807) is 36.4 Å². The minimum atomic E-state index is -0.507. The molecule has 0 aromatic heterocycles. The summed E-state index contributed by atoms with van der Waals surface area (Å²) in [6.45, 7) is 0. The number of fused-ring (bicyclic) bond motifs is 2. The average Bonchev–Trinajstić information content (AvgIpc) is 2.66. The summed E-state index contributed by atoms with van der Waals surface area (Å²) in [6.07, 6.45) is 0. The third kappa shape index (κ3) is 2.66. The number of para-hydroxylation sites is 2. The number of non-ortho nitro benzene ring substituents is 1. The van der Waals surface area contributed by atoms with Gasteiger partial charge in [-0.25, -0.2) is 0 Å². The molecule has 3 aromatic rings. The first-order valence-electron chi connectivity index (χ1n) is 7.70. The number of ether oxygens (including phenoxy) is 1. The van der Waals surface area contributed by atoms with Crippen molar-refractivity contribution in [1.29, 1.82) is 0 Å². The highest BCUT2D eigenvalue weighted by Crippen LogP contribution is 2.47. The van der Waals surface area contributed by atoms with Crippen molar-refractivity contribution in [3.8, 4) is 11.5 Å². The molecule has 6 nitrogen and oxygen atoms in total. The number of rotatable bonds is 2. The van der Waals surface area contributed by atoms with Gasteiger partial charge in [-0.3, -0.25) is 19.8 Å². The molecule has 1 aliphatic rings. The number of nitro groups is 1. The van der Waals surface area contributed by atoms with Crippen molar-refractivity contribution in [2.24, 2.45) is 0 Å². The monoisotopic (exact) mass is 366 g/mol. The molecule has 0 saturated heterocycles. The lowest BCUT2D eigenvalue weighted by Gasteiger charge is -2.31. The highest BCUT2D eigenvalue weighted by molar-refractivity contribution is 6.31. The number of carbonyl (C=O) groups is 1. The molecule has 0 fully saturated rings. The van der Waals surface area contributed by atoms with Gasteiger partial charge in [0.1, 0.15) is 0 Å². The van der Waals surface area contributed by atoms with E-state index in [2.05, 4.69) is 0 Å². The maximum atomic E-state index is 13.2. The lowest BCUT2D eigenvalue weighted by molar-refractivity contribution is -0.384. The van der Waals surface area contributed by atoms with E-state index >= 15 is 0 Å². The lowest BCUT2D eigenvalue weighted by Crippen LogP contribution is -2.28. The molecule has 4 rings (SSSR count). The van der Waals surface area contributed by atoms with Crippen LogP contribution in [0.1, 0.15) is 10.4 Å². The minimum absolute atomic E-state index is 0.0765. The topological polar surface area (TPSA) is 72.7 Å². The number of hydrogen-bond acceptors (Lipinski definition) is 4. The van der Waals surface area contributed by atoms with Gasteiger partial charge < -0.3 is 4.74 Å². The van der Waals surface area contributed by atoms with E-state index in [1.807, 2.05) is 6.07 Å². The Labute approximate surface area is 153 Å². The van der Waals surface area contributed by atoms with E-state index in [4.69, 9.17) is 16.3 Å². The lowest BCUT2D eigenvalue weighted by atomic mass is 10.1. The first-order valence-corrected chi connectivity index (χ1v) is 8.08. The van der Waals surface area contributed by atoms with Crippen LogP contribution in [0.15, 0.2) is 66.7 Å². The molecule has 128 valence electrons. The number of amides is 1. The van der Waals surface area contributed by atoms with E-state index in [-0.39, 0.29) is 11.6 Å². The molecular formula is C19H11ClN2O4. The fourth-order valence-corrected chi connectivity index (χ4v) is 2.97. The van der Waals surface area contributed by atoms with Crippen LogP contribution in [0.2, 0.25) is 5.02 Å². The second-order valence-electron chi connectivity index (χ2n) is 5.63. The van der Waals surface area contributed by atoms with Crippen molar-refractivity contribution in [3.63, 3.8) is 0 Å². The van der Waals surface area contributed by atoms with Crippen LogP contribution in [0.3, 0.4) is 0 Å². The minimum Gasteiger partial charge on any atom is -0.453 e. The van der Waals surface area contributed by atoms with Crippen molar-refractivity contribution >= 4 is 34.6 Å². The smallest absolute Gasteiger partial charge is 0.269 e. The van der Waals surface area contributed by atoms with Gasteiger partial charge in [-0.05, 0) is 42.5 Å². The molecule has 0 aliphatic carbocycles. The van der Waals surface area contributed by atoms with Gasteiger partial charge in [-0.2, -0.15) is 0 Å². The second-order valence-corrected chi connectivity index (χ2v) is 6.06. The molecule has 0 unspecified atom stereocenters. The zero-order chi connectivity index (χ0) is 18.3. The van der Waals surface area contributed by atoms with E-state index in [9.17, 15) is 14.9 Å². The Bertz CT molecular complexity index is 1030. The average molecular weight is 367 g/mol. The Hall–Kier alpha value is -3.38. The first kappa shape index (κ1) is 16.1. The van der Waals surface area contributed by atoms with Gasteiger partial charge in [0.15, 0.2) is 11.5 Å². The summed E-state index contributed by atoms with van der Waals surface area (Å²) in [5.74, 6) is 0.708. The molecule has 1 amide bonds. The molecular weight excluding hydrogens is 356 g/mol. The highest BCUT2D eigenvalue weighted by Gasteiger charge is 2.30. The third-order valence-electron chi connectivity index (χ3n) is 4.02. The van der Waals surface area contributed by atoms with Crippen LogP contribution in [0.5, 0.6) is 11.5 Å². The molecule has 26 heavy (non-hydrogen) atoms.